The largest absolute Gasteiger partial charge is 0.430 e. The van der Waals surface area contributed by atoms with E-state index in [0.717, 1.165) is 70.3 Å². The van der Waals surface area contributed by atoms with Gasteiger partial charge >= 0.3 is 11.9 Å². The fourth-order valence-electron chi connectivity index (χ4n) is 7.47. The fraction of sp³-hybridized carbons (Fsp3) is 0.622. The van der Waals surface area contributed by atoms with Crippen molar-refractivity contribution in [2.75, 3.05) is 64.4 Å². The number of amides is 1. The number of rotatable bonds is 16. The van der Waals surface area contributed by atoms with Crippen LogP contribution < -0.4 is 24.4 Å². The topological polar surface area (TPSA) is 149 Å². The minimum absolute atomic E-state index is 0.0600. The Hall–Kier alpha value is -4.21. The number of carbonyl (C=O) groups is 3. The number of fused-ring (bicyclic) bond motifs is 1. The highest BCUT2D eigenvalue weighted by Gasteiger charge is 2.50. The molecule has 3 aliphatic rings. The lowest BCUT2D eigenvalue weighted by molar-refractivity contribution is -0.133. The van der Waals surface area contributed by atoms with Gasteiger partial charge in [0.2, 0.25) is 11.5 Å². The van der Waals surface area contributed by atoms with E-state index in [1.54, 1.807) is 14.0 Å². The molecule has 1 N–H and O–H groups in total. The standard InChI is InChI=1S/C37H52FN7O7/c1-8-45(24(4)5)36(48)26-16-27(38)32-33(51-30(47)12-11-29(46)50-32)31(26)52-35-34(40-22-41-42-35)43-15-13-37(19-43)20-44(21-37)28(23(2)3)10-9-14-39-17-25(6)18-49-7/h11-12,16,22-25,28,39H,8-10,13-15,17-21H2,1-7H3/b12-11+/t25-,28-/m1/s1. The Labute approximate surface area is 305 Å². The Morgan fingerprint density at radius 1 is 1.10 bits per heavy atom. The maximum absolute atomic E-state index is 15.6. The number of aromatic nitrogens is 3. The first-order chi connectivity index (χ1) is 24.9. The summed E-state index contributed by atoms with van der Waals surface area (Å²) in [5.74, 6) is -3.93. The van der Waals surface area contributed by atoms with E-state index in [0.29, 0.717) is 43.3 Å². The average molecular weight is 726 g/mol. The van der Waals surface area contributed by atoms with Gasteiger partial charge in [-0.1, -0.05) is 20.8 Å². The molecule has 5 rings (SSSR count). The number of nitrogens with one attached hydrogen (secondary N) is 1. The summed E-state index contributed by atoms with van der Waals surface area (Å²) in [6.07, 6.45) is 6.13. The molecule has 3 aliphatic heterocycles. The van der Waals surface area contributed by atoms with E-state index in [2.05, 4.69) is 51.1 Å². The van der Waals surface area contributed by atoms with Gasteiger partial charge in [0.15, 0.2) is 17.4 Å². The van der Waals surface area contributed by atoms with Crippen molar-refractivity contribution >= 4 is 23.7 Å². The lowest BCUT2D eigenvalue weighted by Crippen LogP contribution is -2.62. The highest BCUT2D eigenvalue weighted by molar-refractivity contribution is 6.01. The van der Waals surface area contributed by atoms with Crippen molar-refractivity contribution in [2.24, 2.45) is 17.3 Å². The number of benzene rings is 1. The molecule has 1 spiro atoms. The average Bonchev–Trinajstić information content (AvgIpc) is 3.53. The van der Waals surface area contributed by atoms with Crippen molar-refractivity contribution in [2.45, 2.75) is 72.9 Å². The molecule has 14 nitrogen and oxygen atoms in total. The van der Waals surface area contributed by atoms with Gasteiger partial charge in [0.25, 0.3) is 11.8 Å². The Balaban J connectivity index is 1.35. The molecule has 1 aromatic carbocycles. The van der Waals surface area contributed by atoms with E-state index in [4.69, 9.17) is 18.9 Å². The van der Waals surface area contributed by atoms with Gasteiger partial charge in [-0.25, -0.2) is 19.0 Å². The van der Waals surface area contributed by atoms with Crippen LogP contribution >= 0.6 is 0 Å². The Morgan fingerprint density at radius 2 is 1.81 bits per heavy atom. The number of anilines is 1. The molecule has 2 aromatic rings. The SMILES string of the molecule is CCN(C(=O)c1cc(F)c2c(c1Oc1nncnc1N1CCC3(C1)CN([C@H](CCCNC[C@@H](C)COC)C(C)C)C3)OC(=O)/C=C/C(=O)O2)C(C)C. The quantitative estimate of drug-likeness (QED) is 0.150. The summed E-state index contributed by atoms with van der Waals surface area (Å²) in [5.41, 5.74) is -0.187. The molecule has 1 amide bonds. The Kier molecular flexibility index (Phi) is 12.8. The minimum atomic E-state index is -1.08. The second kappa shape index (κ2) is 17.1. The van der Waals surface area contributed by atoms with Gasteiger partial charge in [-0.05, 0) is 71.0 Å². The van der Waals surface area contributed by atoms with Crippen LogP contribution in [0, 0.1) is 23.1 Å². The van der Waals surface area contributed by atoms with Gasteiger partial charge in [-0.3, -0.25) is 9.69 Å². The molecule has 2 saturated heterocycles. The number of esters is 2. The first-order valence-corrected chi connectivity index (χ1v) is 18.2. The van der Waals surface area contributed by atoms with Crippen LogP contribution in [-0.4, -0.2) is 114 Å². The predicted octanol–water partition coefficient (Wildman–Crippen LogP) is 4.24. The maximum atomic E-state index is 15.6. The van der Waals surface area contributed by atoms with Crippen molar-refractivity contribution in [1.82, 2.24) is 30.3 Å². The summed E-state index contributed by atoms with van der Waals surface area (Å²) in [4.78, 5) is 49.5. The molecule has 4 heterocycles. The molecule has 0 aliphatic carbocycles. The number of likely N-dealkylation sites (tertiary alicyclic amines) is 1. The Bertz CT molecular complexity index is 1630. The van der Waals surface area contributed by atoms with Crippen LogP contribution in [-0.2, 0) is 14.3 Å². The number of methoxy groups -OCH3 is 1. The van der Waals surface area contributed by atoms with E-state index >= 15 is 4.39 Å². The molecular weight excluding hydrogens is 673 g/mol. The number of halogens is 1. The highest BCUT2D eigenvalue weighted by atomic mass is 19.1. The second-order valence-corrected chi connectivity index (χ2v) is 14.7. The molecule has 0 bridgehead atoms. The van der Waals surface area contributed by atoms with E-state index in [9.17, 15) is 14.4 Å². The molecule has 15 heteroatoms. The molecule has 0 saturated carbocycles. The van der Waals surface area contributed by atoms with Crippen molar-refractivity contribution in [1.29, 1.82) is 0 Å². The second-order valence-electron chi connectivity index (χ2n) is 14.7. The predicted molar refractivity (Wildman–Crippen MR) is 191 cm³/mol. The van der Waals surface area contributed by atoms with Gasteiger partial charge in [0.1, 0.15) is 6.33 Å². The normalized spacial score (nSPS) is 18.7. The lowest BCUT2D eigenvalue weighted by Gasteiger charge is -2.53. The lowest BCUT2D eigenvalue weighted by atomic mass is 9.76. The number of ether oxygens (including phenoxy) is 4. The van der Waals surface area contributed by atoms with E-state index in [1.807, 2.05) is 13.8 Å². The van der Waals surface area contributed by atoms with Gasteiger partial charge in [-0.15, -0.1) is 10.2 Å². The summed E-state index contributed by atoms with van der Waals surface area (Å²) < 4.78 is 37.7. The van der Waals surface area contributed by atoms with Crippen molar-refractivity contribution in [3.8, 4) is 23.1 Å². The minimum Gasteiger partial charge on any atom is -0.430 e. The van der Waals surface area contributed by atoms with Crippen molar-refractivity contribution in [3.63, 3.8) is 0 Å². The van der Waals surface area contributed by atoms with Crippen LogP contribution in [0.25, 0.3) is 0 Å². The summed E-state index contributed by atoms with van der Waals surface area (Å²) in [6.45, 7) is 18.5. The summed E-state index contributed by atoms with van der Waals surface area (Å²) in [5, 5.41) is 11.7. The van der Waals surface area contributed by atoms with Gasteiger partial charge in [0.05, 0.1) is 5.56 Å². The zero-order chi connectivity index (χ0) is 37.6. The first-order valence-electron chi connectivity index (χ1n) is 18.2. The summed E-state index contributed by atoms with van der Waals surface area (Å²) in [6, 6.07) is 1.14. The molecule has 284 valence electrons. The van der Waals surface area contributed by atoms with E-state index in [1.165, 1.54) is 11.2 Å². The van der Waals surface area contributed by atoms with Gasteiger partial charge in [-0.2, -0.15) is 0 Å². The first kappa shape index (κ1) is 39.0. The third kappa shape index (κ3) is 8.87. The molecule has 0 radical (unpaired) electrons. The van der Waals surface area contributed by atoms with E-state index < -0.39 is 35.2 Å². The smallest absolute Gasteiger partial charge is 0.336 e. The Morgan fingerprint density at radius 3 is 2.46 bits per heavy atom. The molecule has 1 aromatic heterocycles. The highest BCUT2D eigenvalue weighted by Crippen LogP contribution is 2.48. The van der Waals surface area contributed by atoms with Crippen LogP contribution in [0.2, 0.25) is 0 Å². The molecule has 0 unspecified atom stereocenters. The maximum Gasteiger partial charge on any atom is 0.336 e. The zero-order valence-electron chi connectivity index (χ0n) is 31.3. The molecular formula is C37H52FN7O7. The van der Waals surface area contributed by atoms with Crippen LogP contribution in [0.15, 0.2) is 24.5 Å². The van der Waals surface area contributed by atoms with Gasteiger partial charge in [0, 0.05) is 76.1 Å². The van der Waals surface area contributed by atoms with Crippen LogP contribution in [0.1, 0.15) is 71.2 Å². The van der Waals surface area contributed by atoms with Crippen molar-refractivity contribution in [3.05, 3.63) is 35.9 Å². The summed E-state index contributed by atoms with van der Waals surface area (Å²) in [7, 11) is 1.73. The van der Waals surface area contributed by atoms with Crippen molar-refractivity contribution < 1.29 is 37.7 Å². The van der Waals surface area contributed by atoms with Crippen LogP contribution in [0.4, 0.5) is 10.2 Å². The van der Waals surface area contributed by atoms with E-state index in [-0.39, 0.29) is 28.6 Å². The zero-order valence-corrected chi connectivity index (χ0v) is 31.3. The number of carbonyl (C=O) groups excluding carboxylic acids is 3. The molecule has 2 atom stereocenters. The fourth-order valence-corrected chi connectivity index (χ4v) is 7.47. The molecule has 2 fully saturated rings. The number of hydrogen-bond acceptors (Lipinski definition) is 13. The van der Waals surface area contributed by atoms with Crippen LogP contribution in [0.3, 0.4) is 0 Å². The third-order valence-corrected chi connectivity index (χ3v) is 9.98. The third-order valence-electron chi connectivity index (χ3n) is 9.98. The number of nitrogens with zero attached hydrogens (tertiary/aromatic N) is 6. The molecule has 52 heavy (non-hydrogen) atoms. The van der Waals surface area contributed by atoms with Crippen LogP contribution in [0.5, 0.6) is 23.1 Å². The summed E-state index contributed by atoms with van der Waals surface area (Å²) >= 11 is 0. The van der Waals surface area contributed by atoms with Gasteiger partial charge < -0.3 is 34.1 Å². The monoisotopic (exact) mass is 725 g/mol. The number of hydrogen-bond donors (Lipinski definition) is 1.